The van der Waals surface area contributed by atoms with Crippen molar-refractivity contribution in [2.45, 2.75) is 24.8 Å². The van der Waals surface area contributed by atoms with Crippen molar-refractivity contribution in [1.29, 1.82) is 0 Å². The summed E-state index contributed by atoms with van der Waals surface area (Å²) in [7, 11) is 0. The molecule has 7 nitrogen and oxygen atoms in total. The Kier molecular flexibility index (Phi) is 5.85. The number of anilines is 2. The van der Waals surface area contributed by atoms with Gasteiger partial charge in [0.05, 0.1) is 34.4 Å². The van der Waals surface area contributed by atoms with Gasteiger partial charge in [-0.2, -0.15) is 0 Å². The number of amides is 3. The fraction of sp³-hybridized carbons (Fsp3) is 0.273. The zero-order valence-electron chi connectivity index (χ0n) is 16.5. The number of rotatable bonds is 5. The van der Waals surface area contributed by atoms with Gasteiger partial charge in [-0.15, -0.1) is 11.8 Å². The van der Waals surface area contributed by atoms with Crippen molar-refractivity contribution in [2.24, 2.45) is 11.8 Å². The number of hydrazine groups is 1. The number of allylic oxidation sites excluding steroid dienone is 2. The first-order chi connectivity index (χ1) is 14.6. The van der Waals surface area contributed by atoms with Crippen LogP contribution in [0.2, 0.25) is 0 Å². The Hall–Kier alpha value is -3.13. The quantitative estimate of drug-likeness (QED) is 0.569. The lowest BCUT2D eigenvalue weighted by Crippen LogP contribution is -2.59. The number of fused-ring (bicyclic) bond motifs is 1. The summed E-state index contributed by atoms with van der Waals surface area (Å²) < 4.78 is 0. The van der Waals surface area contributed by atoms with Crippen LogP contribution in [0.25, 0.3) is 0 Å². The van der Waals surface area contributed by atoms with E-state index in [1.165, 1.54) is 5.01 Å². The molecule has 1 aromatic carbocycles. The maximum atomic E-state index is 12.9. The highest BCUT2D eigenvalue weighted by atomic mass is 32.2. The van der Waals surface area contributed by atoms with Gasteiger partial charge in [0.1, 0.15) is 0 Å². The lowest BCUT2D eigenvalue weighted by Gasteiger charge is -2.38. The highest BCUT2D eigenvalue weighted by molar-refractivity contribution is 7.99. The highest BCUT2D eigenvalue weighted by Gasteiger charge is 2.42. The van der Waals surface area contributed by atoms with E-state index in [1.807, 2.05) is 18.2 Å². The molecule has 0 spiro atoms. The molecule has 3 amide bonds. The predicted octanol–water partition coefficient (Wildman–Crippen LogP) is 3.41. The molecule has 30 heavy (non-hydrogen) atoms. The summed E-state index contributed by atoms with van der Waals surface area (Å²) in [5, 5.41) is 4.97. The molecule has 0 bridgehead atoms. The summed E-state index contributed by atoms with van der Waals surface area (Å²) in [5.41, 5.74) is 4.11. The molecule has 2 N–H and O–H groups in total. The Morgan fingerprint density at radius 3 is 2.73 bits per heavy atom. The van der Waals surface area contributed by atoms with E-state index in [9.17, 15) is 14.4 Å². The average molecular weight is 423 g/mol. The van der Waals surface area contributed by atoms with E-state index >= 15 is 0 Å². The number of carbonyl (C=O) groups is 3. The topological polar surface area (TPSA) is 91.4 Å². The van der Waals surface area contributed by atoms with Crippen LogP contribution in [0.1, 0.15) is 30.1 Å². The molecule has 8 heteroatoms. The van der Waals surface area contributed by atoms with Gasteiger partial charge >= 0.3 is 0 Å². The van der Waals surface area contributed by atoms with Gasteiger partial charge in [0, 0.05) is 5.56 Å². The van der Waals surface area contributed by atoms with Gasteiger partial charge in [-0.05, 0) is 48.9 Å². The van der Waals surface area contributed by atoms with Crippen molar-refractivity contribution < 1.29 is 14.4 Å². The van der Waals surface area contributed by atoms with Crippen LogP contribution in [0.4, 0.5) is 11.4 Å². The lowest BCUT2D eigenvalue weighted by molar-refractivity contribution is -0.139. The molecule has 4 rings (SSSR count). The third kappa shape index (κ3) is 4.09. The molecule has 154 valence electrons. The minimum absolute atomic E-state index is 0.158. The number of hydrogen-bond acceptors (Lipinski definition) is 5. The molecule has 2 atom stereocenters. The standard InChI is InChI=1S/C22H22N4O3S/c1-2-30-19-11-10-15(13-23-19)24-20(27)14-6-5-7-16(12-14)26-22(29)18-9-4-3-8-17(18)21(28)25-26/h3-7,10-13,17-18H,2,8-9H2,1H3,(H,24,27)(H,25,28). The minimum Gasteiger partial charge on any atom is -0.321 e. The number of nitrogens with zero attached hydrogens (tertiary/aromatic N) is 2. The van der Waals surface area contributed by atoms with E-state index in [4.69, 9.17) is 0 Å². The van der Waals surface area contributed by atoms with Crippen molar-refractivity contribution in [3.63, 3.8) is 0 Å². The SMILES string of the molecule is CCSc1ccc(NC(=O)c2cccc(N3NC(=O)C4CC=CCC4C3=O)c2)cn1. The van der Waals surface area contributed by atoms with Crippen LogP contribution < -0.4 is 15.8 Å². The van der Waals surface area contributed by atoms with Crippen LogP contribution in [-0.2, 0) is 9.59 Å². The molecule has 2 heterocycles. The second-order valence-corrected chi connectivity index (χ2v) is 8.41. The summed E-state index contributed by atoms with van der Waals surface area (Å²) in [6.07, 6.45) is 6.62. The molecule has 1 aliphatic heterocycles. The van der Waals surface area contributed by atoms with Crippen molar-refractivity contribution in [3.05, 3.63) is 60.3 Å². The zero-order valence-corrected chi connectivity index (χ0v) is 17.3. The number of benzene rings is 1. The molecule has 0 saturated carbocycles. The van der Waals surface area contributed by atoms with Crippen molar-refractivity contribution in [1.82, 2.24) is 10.4 Å². The molecule has 1 fully saturated rings. The van der Waals surface area contributed by atoms with Crippen LogP contribution in [0.3, 0.4) is 0 Å². The number of pyridine rings is 1. The first-order valence-electron chi connectivity index (χ1n) is 9.86. The van der Waals surface area contributed by atoms with Gasteiger partial charge in [0.2, 0.25) is 11.8 Å². The van der Waals surface area contributed by atoms with E-state index in [0.29, 0.717) is 29.8 Å². The smallest absolute Gasteiger partial charge is 0.255 e. The fourth-order valence-corrected chi connectivity index (χ4v) is 4.25. The number of nitrogens with one attached hydrogen (secondary N) is 2. The summed E-state index contributed by atoms with van der Waals surface area (Å²) in [4.78, 5) is 42.4. The molecule has 0 radical (unpaired) electrons. The first kappa shape index (κ1) is 20.2. The van der Waals surface area contributed by atoms with E-state index in [0.717, 1.165) is 10.8 Å². The second kappa shape index (κ2) is 8.71. The van der Waals surface area contributed by atoms with Crippen molar-refractivity contribution in [3.8, 4) is 0 Å². The average Bonchev–Trinajstić information content (AvgIpc) is 2.78. The predicted molar refractivity (Wildman–Crippen MR) is 116 cm³/mol. The molecule has 2 unspecified atom stereocenters. The lowest BCUT2D eigenvalue weighted by atomic mass is 9.80. The molecular formula is C22H22N4O3S. The molecule has 2 aromatic rings. The third-order valence-electron chi connectivity index (χ3n) is 5.18. The Bertz CT molecular complexity index is 1010. The van der Waals surface area contributed by atoms with Gasteiger partial charge in [-0.1, -0.05) is 25.1 Å². The maximum Gasteiger partial charge on any atom is 0.255 e. The van der Waals surface area contributed by atoms with Crippen LogP contribution in [0, 0.1) is 11.8 Å². The fourth-order valence-electron chi connectivity index (χ4n) is 3.66. The number of carbonyl (C=O) groups excluding carboxylic acids is 3. The van der Waals surface area contributed by atoms with Crippen LogP contribution in [0.5, 0.6) is 0 Å². The molecule has 2 aliphatic rings. The van der Waals surface area contributed by atoms with E-state index in [-0.39, 0.29) is 29.6 Å². The van der Waals surface area contributed by atoms with E-state index < -0.39 is 0 Å². The van der Waals surface area contributed by atoms with Gasteiger partial charge in [-0.25, -0.2) is 9.99 Å². The number of hydrogen-bond donors (Lipinski definition) is 2. The van der Waals surface area contributed by atoms with Gasteiger partial charge in [0.15, 0.2) is 0 Å². The molecule has 1 saturated heterocycles. The summed E-state index contributed by atoms with van der Waals surface area (Å²) in [5.74, 6) is -0.415. The Morgan fingerprint density at radius 2 is 2.00 bits per heavy atom. The Labute approximate surface area is 178 Å². The van der Waals surface area contributed by atoms with E-state index in [1.54, 1.807) is 48.3 Å². The van der Waals surface area contributed by atoms with E-state index in [2.05, 4.69) is 22.7 Å². The second-order valence-electron chi connectivity index (χ2n) is 7.13. The monoisotopic (exact) mass is 422 g/mol. The highest BCUT2D eigenvalue weighted by Crippen LogP contribution is 2.32. The summed E-state index contributed by atoms with van der Waals surface area (Å²) in [6, 6.07) is 10.3. The van der Waals surface area contributed by atoms with Crippen LogP contribution in [-0.4, -0.2) is 28.5 Å². The number of aromatic nitrogens is 1. The van der Waals surface area contributed by atoms with Crippen molar-refractivity contribution in [2.75, 3.05) is 16.1 Å². The van der Waals surface area contributed by atoms with Crippen molar-refractivity contribution >= 4 is 40.9 Å². The first-order valence-corrected chi connectivity index (χ1v) is 10.8. The van der Waals surface area contributed by atoms with Gasteiger partial charge in [-0.3, -0.25) is 19.8 Å². The Morgan fingerprint density at radius 1 is 1.20 bits per heavy atom. The molecular weight excluding hydrogens is 400 g/mol. The van der Waals surface area contributed by atoms with Crippen LogP contribution in [0.15, 0.2) is 59.8 Å². The minimum atomic E-state index is -0.369. The molecule has 1 aromatic heterocycles. The zero-order chi connectivity index (χ0) is 21.1. The third-order valence-corrected chi connectivity index (χ3v) is 6.01. The summed E-state index contributed by atoms with van der Waals surface area (Å²) >= 11 is 1.63. The summed E-state index contributed by atoms with van der Waals surface area (Å²) in [6.45, 7) is 2.05. The molecule has 1 aliphatic carbocycles. The van der Waals surface area contributed by atoms with Crippen LogP contribution >= 0.6 is 11.8 Å². The maximum absolute atomic E-state index is 12.9. The number of thioether (sulfide) groups is 1. The largest absolute Gasteiger partial charge is 0.321 e. The Balaban J connectivity index is 1.50. The van der Waals surface area contributed by atoms with Gasteiger partial charge < -0.3 is 5.32 Å². The normalized spacial score (nSPS) is 20.5. The van der Waals surface area contributed by atoms with Gasteiger partial charge in [0.25, 0.3) is 5.91 Å².